The molecule has 2 saturated carbocycles. The fourth-order valence-electron chi connectivity index (χ4n) is 4.68. The third-order valence-electron chi connectivity index (χ3n) is 6.92. The monoisotopic (exact) mass is 461 g/mol. The number of ether oxygens (including phenoxy) is 1. The molecule has 178 valence electrons. The standard InChI is InChI=1S/C26H31N5O3/c1-14-22(26(33)31-19-8-6-18(27)7-9-19)24-25(30-14)23(28-13-29-24)20-11-17(15(2)32)5-10-21(20)34-12-16-3-4-16/h5,10-11,13,16,18-19,30H,3-4,6-9,12,27H2,1-2H3,(H,31,33). The van der Waals surface area contributed by atoms with Crippen LogP contribution in [0.5, 0.6) is 5.75 Å². The fourth-order valence-corrected chi connectivity index (χ4v) is 4.68. The zero-order valence-corrected chi connectivity index (χ0v) is 19.7. The molecule has 1 aromatic carbocycles. The van der Waals surface area contributed by atoms with E-state index in [1.807, 2.05) is 19.1 Å². The lowest BCUT2D eigenvalue weighted by atomic mass is 9.91. The van der Waals surface area contributed by atoms with Crippen LogP contribution in [0.4, 0.5) is 0 Å². The smallest absolute Gasteiger partial charge is 0.255 e. The molecule has 34 heavy (non-hydrogen) atoms. The van der Waals surface area contributed by atoms with Crippen molar-refractivity contribution < 1.29 is 14.3 Å². The molecule has 0 saturated heterocycles. The van der Waals surface area contributed by atoms with Gasteiger partial charge in [-0.1, -0.05) is 0 Å². The molecule has 4 N–H and O–H groups in total. The predicted octanol–water partition coefficient (Wildman–Crippen LogP) is 3.92. The molecule has 0 bridgehead atoms. The first-order chi connectivity index (χ1) is 16.4. The van der Waals surface area contributed by atoms with Crippen molar-refractivity contribution in [1.82, 2.24) is 20.3 Å². The van der Waals surface area contributed by atoms with Crippen molar-refractivity contribution in [2.45, 2.75) is 64.5 Å². The Labute approximate surface area is 198 Å². The highest BCUT2D eigenvalue weighted by Crippen LogP contribution is 2.37. The van der Waals surface area contributed by atoms with Gasteiger partial charge in [-0.05, 0) is 76.5 Å². The number of H-pyrrole nitrogens is 1. The van der Waals surface area contributed by atoms with Crippen LogP contribution in [0.15, 0.2) is 24.5 Å². The lowest BCUT2D eigenvalue weighted by molar-refractivity contribution is 0.0926. The van der Waals surface area contributed by atoms with Gasteiger partial charge in [-0.15, -0.1) is 0 Å². The summed E-state index contributed by atoms with van der Waals surface area (Å²) in [4.78, 5) is 37.7. The summed E-state index contributed by atoms with van der Waals surface area (Å²) in [5.74, 6) is 1.09. The van der Waals surface area contributed by atoms with Crippen molar-refractivity contribution in [3.8, 4) is 17.0 Å². The van der Waals surface area contributed by atoms with E-state index < -0.39 is 0 Å². The summed E-state index contributed by atoms with van der Waals surface area (Å²) in [7, 11) is 0. The molecule has 2 fully saturated rings. The van der Waals surface area contributed by atoms with E-state index >= 15 is 0 Å². The molecule has 0 unspecified atom stereocenters. The number of amides is 1. The lowest BCUT2D eigenvalue weighted by Crippen LogP contribution is -2.40. The Kier molecular flexibility index (Phi) is 6.08. The van der Waals surface area contributed by atoms with Gasteiger partial charge >= 0.3 is 0 Å². The number of fused-ring (bicyclic) bond motifs is 1. The van der Waals surface area contributed by atoms with Crippen LogP contribution >= 0.6 is 0 Å². The number of hydrogen-bond donors (Lipinski definition) is 3. The summed E-state index contributed by atoms with van der Waals surface area (Å²) < 4.78 is 6.12. The van der Waals surface area contributed by atoms with Gasteiger partial charge in [0, 0.05) is 28.9 Å². The number of aromatic amines is 1. The lowest BCUT2D eigenvalue weighted by Gasteiger charge is -2.26. The molecular formula is C26H31N5O3. The maximum Gasteiger partial charge on any atom is 0.255 e. The van der Waals surface area contributed by atoms with Crippen LogP contribution in [0.2, 0.25) is 0 Å². The molecule has 2 aliphatic rings. The number of nitrogens with zero attached hydrogens (tertiary/aromatic N) is 2. The van der Waals surface area contributed by atoms with Crippen molar-refractivity contribution in [2.75, 3.05) is 6.61 Å². The van der Waals surface area contributed by atoms with E-state index in [1.54, 1.807) is 13.0 Å². The van der Waals surface area contributed by atoms with Crippen molar-refractivity contribution in [3.63, 3.8) is 0 Å². The van der Waals surface area contributed by atoms with Gasteiger partial charge in [-0.3, -0.25) is 9.59 Å². The second kappa shape index (κ2) is 9.18. The normalized spacial score (nSPS) is 20.3. The van der Waals surface area contributed by atoms with E-state index in [0.717, 1.165) is 36.9 Å². The third kappa shape index (κ3) is 4.55. The molecule has 2 aliphatic carbocycles. The number of nitrogens with one attached hydrogen (secondary N) is 2. The number of carbonyl (C=O) groups is 2. The Hall–Kier alpha value is -3.26. The quantitative estimate of drug-likeness (QED) is 0.458. The van der Waals surface area contributed by atoms with E-state index in [0.29, 0.717) is 46.1 Å². The van der Waals surface area contributed by atoms with Crippen molar-refractivity contribution in [2.24, 2.45) is 11.7 Å². The van der Waals surface area contributed by atoms with Crippen LogP contribution in [0, 0.1) is 12.8 Å². The zero-order valence-electron chi connectivity index (χ0n) is 19.7. The van der Waals surface area contributed by atoms with E-state index in [2.05, 4.69) is 20.3 Å². The third-order valence-corrected chi connectivity index (χ3v) is 6.92. The summed E-state index contributed by atoms with van der Waals surface area (Å²) in [5, 5.41) is 3.16. The van der Waals surface area contributed by atoms with Gasteiger partial charge in [0.2, 0.25) is 0 Å². The largest absolute Gasteiger partial charge is 0.493 e. The molecule has 2 heterocycles. The molecule has 0 spiro atoms. The summed E-state index contributed by atoms with van der Waals surface area (Å²) in [6, 6.07) is 5.77. The SMILES string of the molecule is CC(=O)c1ccc(OCC2CC2)c(-c2ncnc3c(C(=O)NC4CCC(N)CC4)c(C)[nH]c23)c1. The Bertz CT molecular complexity index is 1240. The molecule has 5 rings (SSSR count). The molecule has 8 nitrogen and oxygen atoms in total. The number of hydrogen-bond acceptors (Lipinski definition) is 6. The van der Waals surface area contributed by atoms with Gasteiger partial charge in [0.05, 0.1) is 17.7 Å². The highest BCUT2D eigenvalue weighted by Gasteiger charge is 2.26. The van der Waals surface area contributed by atoms with E-state index in [9.17, 15) is 9.59 Å². The molecule has 8 heteroatoms. The maximum atomic E-state index is 13.2. The molecule has 1 amide bonds. The van der Waals surface area contributed by atoms with Gasteiger partial charge in [-0.25, -0.2) is 9.97 Å². The van der Waals surface area contributed by atoms with Crippen LogP contribution < -0.4 is 15.8 Å². The molecular weight excluding hydrogens is 430 g/mol. The van der Waals surface area contributed by atoms with Crippen molar-refractivity contribution in [3.05, 3.63) is 41.3 Å². The first-order valence-corrected chi connectivity index (χ1v) is 12.1. The van der Waals surface area contributed by atoms with Crippen LogP contribution in [-0.4, -0.2) is 45.3 Å². The average Bonchev–Trinajstić information content (AvgIpc) is 3.58. The molecule has 3 aromatic rings. The summed E-state index contributed by atoms with van der Waals surface area (Å²) in [6.45, 7) is 4.05. The van der Waals surface area contributed by atoms with E-state index in [1.165, 1.54) is 19.2 Å². The Morgan fingerprint density at radius 3 is 2.62 bits per heavy atom. The number of ketones is 1. The Balaban J connectivity index is 1.52. The molecule has 2 aromatic heterocycles. The highest BCUT2D eigenvalue weighted by atomic mass is 16.5. The number of aromatic nitrogens is 3. The zero-order chi connectivity index (χ0) is 23.8. The first-order valence-electron chi connectivity index (χ1n) is 12.1. The van der Waals surface area contributed by atoms with E-state index in [-0.39, 0.29) is 23.8 Å². The van der Waals surface area contributed by atoms with Crippen molar-refractivity contribution in [1.29, 1.82) is 0 Å². The maximum absolute atomic E-state index is 13.2. The minimum atomic E-state index is -0.142. The van der Waals surface area contributed by atoms with Crippen molar-refractivity contribution >= 4 is 22.7 Å². The molecule has 0 radical (unpaired) electrons. The van der Waals surface area contributed by atoms with Gasteiger partial charge < -0.3 is 20.8 Å². The summed E-state index contributed by atoms with van der Waals surface area (Å²) in [5.41, 5.74) is 10.4. The fraction of sp³-hybridized carbons (Fsp3) is 0.462. The highest BCUT2D eigenvalue weighted by molar-refractivity contribution is 6.09. The second-order valence-corrected chi connectivity index (χ2v) is 9.68. The van der Waals surface area contributed by atoms with Crippen LogP contribution in [-0.2, 0) is 0 Å². The number of aryl methyl sites for hydroxylation is 1. The van der Waals surface area contributed by atoms with E-state index in [4.69, 9.17) is 10.5 Å². The summed E-state index contributed by atoms with van der Waals surface area (Å²) >= 11 is 0. The van der Waals surface area contributed by atoms with Gasteiger partial charge in [-0.2, -0.15) is 0 Å². The number of rotatable bonds is 7. The average molecular weight is 462 g/mol. The number of carbonyl (C=O) groups excluding carboxylic acids is 2. The van der Waals surface area contributed by atoms with Gasteiger partial charge in [0.1, 0.15) is 23.3 Å². The predicted molar refractivity (Wildman–Crippen MR) is 130 cm³/mol. The number of benzene rings is 1. The Morgan fingerprint density at radius 1 is 1.15 bits per heavy atom. The van der Waals surface area contributed by atoms with Gasteiger partial charge in [0.15, 0.2) is 5.78 Å². The van der Waals surface area contributed by atoms with Crippen LogP contribution in [0.1, 0.15) is 71.9 Å². The number of Topliss-reactive ketones (excluding diaryl/α,β-unsaturated/α-hetero) is 1. The minimum Gasteiger partial charge on any atom is -0.493 e. The Morgan fingerprint density at radius 2 is 1.91 bits per heavy atom. The molecule has 0 atom stereocenters. The first kappa shape index (κ1) is 22.5. The van der Waals surface area contributed by atoms with Gasteiger partial charge in [0.25, 0.3) is 5.91 Å². The summed E-state index contributed by atoms with van der Waals surface area (Å²) in [6.07, 6.45) is 7.43. The minimum absolute atomic E-state index is 0.0322. The van der Waals surface area contributed by atoms with Crippen LogP contribution in [0.3, 0.4) is 0 Å². The topological polar surface area (TPSA) is 123 Å². The second-order valence-electron chi connectivity index (χ2n) is 9.68. The van der Waals surface area contributed by atoms with Crippen LogP contribution in [0.25, 0.3) is 22.3 Å². The molecule has 0 aliphatic heterocycles. The number of nitrogens with two attached hydrogens (primary N) is 1.